The summed E-state index contributed by atoms with van der Waals surface area (Å²) in [5.41, 5.74) is 5.61. The van der Waals surface area contributed by atoms with Crippen LogP contribution in [0.4, 0.5) is 11.6 Å². The number of nitrogens with zero attached hydrogens (tertiary/aromatic N) is 3. The maximum absolute atomic E-state index is 11.6. The van der Waals surface area contributed by atoms with Gasteiger partial charge in [-0.05, 0) is 19.8 Å². The highest BCUT2D eigenvalue weighted by Crippen LogP contribution is 2.22. The molecule has 1 aliphatic heterocycles. The van der Waals surface area contributed by atoms with Crippen molar-refractivity contribution in [2.75, 3.05) is 30.3 Å². The van der Waals surface area contributed by atoms with Crippen LogP contribution in [0, 0.1) is 5.92 Å². The molecule has 98 valence electrons. The van der Waals surface area contributed by atoms with E-state index in [4.69, 9.17) is 10.5 Å². The van der Waals surface area contributed by atoms with Gasteiger partial charge in [-0.1, -0.05) is 0 Å². The Bertz CT molecular complexity index is 416. The molecule has 0 spiro atoms. The molecule has 0 atom stereocenters. The lowest BCUT2D eigenvalue weighted by atomic mass is 9.97. The average Bonchev–Trinajstić information content (AvgIpc) is 2.39. The molecule has 0 radical (unpaired) electrons. The van der Waals surface area contributed by atoms with Gasteiger partial charge in [0.1, 0.15) is 11.6 Å². The summed E-state index contributed by atoms with van der Waals surface area (Å²) < 4.78 is 5.04. The molecular formula is C12H18N4O2. The van der Waals surface area contributed by atoms with E-state index in [2.05, 4.69) is 14.9 Å². The van der Waals surface area contributed by atoms with Crippen LogP contribution in [0.3, 0.4) is 0 Å². The molecule has 0 aliphatic carbocycles. The van der Waals surface area contributed by atoms with Crippen molar-refractivity contribution in [2.24, 2.45) is 5.92 Å². The molecule has 18 heavy (non-hydrogen) atoms. The van der Waals surface area contributed by atoms with Crippen molar-refractivity contribution in [1.82, 2.24) is 9.97 Å². The number of rotatable bonds is 3. The Morgan fingerprint density at radius 1 is 1.50 bits per heavy atom. The molecule has 0 saturated carbocycles. The van der Waals surface area contributed by atoms with E-state index in [-0.39, 0.29) is 11.9 Å². The van der Waals surface area contributed by atoms with Crippen LogP contribution >= 0.6 is 0 Å². The Kier molecular flexibility index (Phi) is 3.96. The standard InChI is InChI=1S/C12H18N4O2/c1-2-18-12(17)9-3-5-16(6-4-9)11-8-14-7-10(13)15-11/h7-9H,2-6H2,1H3,(H2,13,15). The molecule has 1 aliphatic rings. The third kappa shape index (κ3) is 2.88. The molecule has 2 heterocycles. The predicted molar refractivity (Wildman–Crippen MR) is 68.0 cm³/mol. The minimum Gasteiger partial charge on any atom is -0.466 e. The lowest BCUT2D eigenvalue weighted by Crippen LogP contribution is -2.37. The van der Waals surface area contributed by atoms with Crippen molar-refractivity contribution in [3.8, 4) is 0 Å². The molecule has 1 saturated heterocycles. The van der Waals surface area contributed by atoms with Crippen LogP contribution in [0.1, 0.15) is 19.8 Å². The summed E-state index contributed by atoms with van der Waals surface area (Å²) in [7, 11) is 0. The van der Waals surface area contributed by atoms with Gasteiger partial charge < -0.3 is 15.4 Å². The fourth-order valence-electron chi connectivity index (χ4n) is 2.13. The minimum atomic E-state index is -0.0872. The molecule has 1 aromatic rings. The molecule has 1 fully saturated rings. The first kappa shape index (κ1) is 12.6. The van der Waals surface area contributed by atoms with Gasteiger partial charge >= 0.3 is 5.97 Å². The number of esters is 1. The van der Waals surface area contributed by atoms with Crippen molar-refractivity contribution in [3.63, 3.8) is 0 Å². The van der Waals surface area contributed by atoms with Crippen LogP contribution in [0.2, 0.25) is 0 Å². The summed E-state index contributed by atoms with van der Waals surface area (Å²) in [4.78, 5) is 22.0. The second-order valence-electron chi connectivity index (χ2n) is 4.32. The maximum Gasteiger partial charge on any atom is 0.309 e. The van der Waals surface area contributed by atoms with Gasteiger partial charge in [-0.2, -0.15) is 0 Å². The maximum atomic E-state index is 11.6. The van der Waals surface area contributed by atoms with Crippen molar-refractivity contribution in [2.45, 2.75) is 19.8 Å². The number of hydrogen-bond donors (Lipinski definition) is 1. The smallest absolute Gasteiger partial charge is 0.309 e. The van der Waals surface area contributed by atoms with Gasteiger partial charge in [0.05, 0.1) is 24.9 Å². The largest absolute Gasteiger partial charge is 0.466 e. The first-order valence-corrected chi connectivity index (χ1v) is 6.19. The van der Waals surface area contributed by atoms with Crippen LogP contribution in [0.5, 0.6) is 0 Å². The molecule has 0 bridgehead atoms. The lowest BCUT2D eigenvalue weighted by Gasteiger charge is -2.31. The van der Waals surface area contributed by atoms with Gasteiger partial charge in [0.15, 0.2) is 0 Å². The highest BCUT2D eigenvalue weighted by molar-refractivity contribution is 5.72. The number of carbonyl (C=O) groups is 1. The zero-order valence-corrected chi connectivity index (χ0v) is 10.5. The van der Waals surface area contributed by atoms with Crippen molar-refractivity contribution >= 4 is 17.6 Å². The summed E-state index contributed by atoms with van der Waals surface area (Å²) in [6.07, 6.45) is 4.79. The normalized spacial score (nSPS) is 16.6. The third-order valence-corrected chi connectivity index (χ3v) is 3.08. The minimum absolute atomic E-state index is 0.00946. The number of nitrogen functional groups attached to an aromatic ring is 1. The monoisotopic (exact) mass is 250 g/mol. The predicted octanol–water partition coefficient (Wildman–Crippen LogP) is 0.838. The van der Waals surface area contributed by atoms with Gasteiger partial charge in [-0.3, -0.25) is 9.78 Å². The Morgan fingerprint density at radius 3 is 2.83 bits per heavy atom. The number of piperidine rings is 1. The number of ether oxygens (including phenoxy) is 1. The molecule has 0 amide bonds. The summed E-state index contributed by atoms with van der Waals surface area (Å²) >= 11 is 0. The van der Waals surface area contributed by atoms with Crippen LogP contribution in [0.15, 0.2) is 12.4 Å². The van der Waals surface area contributed by atoms with Crippen LogP contribution in [-0.4, -0.2) is 35.6 Å². The highest BCUT2D eigenvalue weighted by Gasteiger charge is 2.26. The molecule has 6 heteroatoms. The Hall–Kier alpha value is -1.85. The number of nitrogens with two attached hydrogens (primary N) is 1. The lowest BCUT2D eigenvalue weighted by molar-refractivity contribution is -0.148. The zero-order valence-electron chi connectivity index (χ0n) is 10.5. The Morgan fingerprint density at radius 2 is 2.22 bits per heavy atom. The van der Waals surface area contributed by atoms with Gasteiger partial charge in [0.25, 0.3) is 0 Å². The molecular weight excluding hydrogens is 232 g/mol. The first-order valence-electron chi connectivity index (χ1n) is 6.19. The summed E-state index contributed by atoms with van der Waals surface area (Å²) in [5.74, 6) is 1.11. The van der Waals surface area contributed by atoms with E-state index >= 15 is 0 Å². The summed E-state index contributed by atoms with van der Waals surface area (Å²) in [5, 5.41) is 0. The number of anilines is 2. The van der Waals surface area contributed by atoms with E-state index in [1.807, 2.05) is 6.92 Å². The molecule has 1 aromatic heterocycles. The van der Waals surface area contributed by atoms with E-state index < -0.39 is 0 Å². The Balaban J connectivity index is 1.92. The topological polar surface area (TPSA) is 81.3 Å². The quantitative estimate of drug-likeness (QED) is 0.800. The third-order valence-electron chi connectivity index (χ3n) is 3.08. The molecule has 2 N–H and O–H groups in total. The van der Waals surface area contributed by atoms with Crippen molar-refractivity contribution in [3.05, 3.63) is 12.4 Å². The number of carbonyl (C=O) groups excluding carboxylic acids is 1. The Labute approximate surface area is 106 Å². The molecule has 2 rings (SSSR count). The van der Waals surface area contributed by atoms with E-state index in [0.717, 1.165) is 31.7 Å². The fourth-order valence-corrected chi connectivity index (χ4v) is 2.13. The zero-order chi connectivity index (χ0) is 13.0. The van der Waals surface area contributed by atoms with E-state index in [0.29, 0.717) is 12.4 Å². The molecule has 0 unspecified atom stereocenters. The van der Waals surface area contributed by atoms with Gasteiger partial charge in [0, 0.05) is 13.1 Å². The van der Waals surface area contributed by atoms with Crippen molar-refractivity contribution < 1.29 is 9.53 Å². The second kappa shape index (κ2) is 5.66. The van der Waals surface area contributed by atoms with E-state index in [1.165, 1.54) is 6.20 Å². The van der Waals surface area contributed by atoms with E-state index in [1.54, 1.807) is 6.20 Å². The number of aromatic nitrogens is 2. The average molecular weight is 250 g/mol. The summed E-state index contributed by atoms with van der Waals surface area (Å²) in [6, 6.07) is 0. The SMILES string of the molecule is CCOC(=O)C1CCN(c2cncc(N)n2)CC1. The van der Waals surface area contributed by atoms with Crippen LogP contribution in [0.25, 0.3) is 0 Å². The summed E-state index contributed by atoms with van der Waals surface area (Å²) in [6.45, 7) is 3.83. The fraction of sp³-hybridized carbons (Fsp3) is 0.583. The van der Waals surface area contributed by atoms with Crippen molar-refractivity contribution in [1.29, 1.82) is 0 Å². The van der Waals surface area contributed by atoms with Gasteiger partial charge in [-0.15, -0.1) is 0 Å². The van der Waals surface area contributed by atoms with Crippen LogP contribution in [-0.2, 0) is 9.53 Å². The van der Waals surface area contributed by atoms with E-state index in [9.17, 15) is 4.79 Å². The van der Waals surface area contributed by atoms with Crippen LogP contribution < -0.4 is 10.6 Å². The highest BCUT2D eigenvalue weighted by atomic mass is 16.5. The van der Waals surface area contributed by atoms with Gasteiger partial charge in [-0.25, -0.2) is 4.98 Å². The van der Waals surface area contributed by atoms with Gasteiger partial charge in [0.2, 0.25) is 0 Å². The number of hydrogen-bond acceptors (Lipinski definition) is 6. The molecule has 0 aromatic carbocycles. The molecule has 6 nitrogen and oxygen atoms in total. The first-order chi connectivity index (χ1) is 8.70. The second-order valence-corrected chi connectivity index (χ2v) is 4.32.